The normalized spacial score (nSPS) is 26.7. The zero-order chi connectivity index (χ0) is 13.7. The highest BCUT2D eigenvalue weighted by Crippen LogP contribution is 2.32. The van der Waals surface area contributed by atoms with Crippen LogP contribution in [-0.4, -0.2) is 25.0 Å². The molecule has 0 bridgehead atoms. The SMILES string of the molecule is CC(C)(C(=O)NC1CCCCCC1)C1CCCNC1. The topological polar surface area (TPSA) is 41.1 Å². The number of piperidine rings is 1. The number of nitrogens with one attached hydrogen (secondary N) is 2. The van der Waals surface area contributed by atoms with Gasteiger partial charge in [0, 0.05) is 11.5 Å². The Hall–Kier alpha value is -0.570. The highest BCUT2D eigenvalue weighted by atomic mass is 16.2. The lowest BCUT2D eigenvalue weighted by Crippen LogP contribution is -2.49. The standard InChI is InChI=1S/C16H30N2O/c1-16(2,13-8-7-11-17-12-13)15(19)18-14-9-5-3-4-6-10-14/h13-14,17H,3-12H2,1-2H3,(H,18,19). The van der Waals surface area contributed by atoms with Crippen molar-refractivity contribution in [3.63, 3.8) is 0 Å². The first-order valence-corrected chi connectivity index (χ1v) is 8.12. The number of hydrogen-bond donors (Lipinski definition) is 2. The number of carbonyl (C=O) groups excluding carboxylic acids is 1. The van der Waals surface area contributed by atoms with E-state index in [0.29, 0.717) is 12.0 Å². The van der Waals surface area contributed by atoms with Gasteiger partial charge in [-0.15, -0.1) is 0 Å². The van der Waals surface area contributed by atoms with E-state index in [9.17, 15) is 4.79 Å². The molecular formula is C16H30N2O. The molecule has 1 atom stereocenters. The van der Waals surface area contributed by atoms with Crippen LogP contribution in [0.4, 0.5) is 0 Å². The largest absolute Gasteiger partial charge is 0.353 e. The maximum absolute atomic E-state index is 12.6. The molecule has 1 amide bonds. The third kappa shape index (κ3) is 3.95. The van der Waals surface area contributed by atoms with Gasteiger partial charge in [0.05, 0.1) is 0 Å². The van der Waals surface area contributed by atoms with Gasteiger partial charge in [-0.2, -0.15) is 0 Å². The van der Waals surface area contributed by atoms with Crippen LogP contribution in [0.3, 0.4) is 0 Å². The van der Waals surface area contributed by atoms with Gasteiger partial charge in [-0.3, -0.25) is 4.79 Å². The van der Waals surface area contributed by atoms with Crippen LogP contribution in [0.1, 0.15) is 65.2 Å². The number of hydrogen-bond acceptors (Lipinski definition) is 2. The molecule has 1 saturated carbocycles. The van der Waals surface area contributed by atoms with Crippen LogP contribution in [0.2, 0.25) is 0 Å². The third-order valence-electron chi connectivity index (χ3n) is 5.09. The molecule has 1 aliphatic heterocycles. The first kappa shape index (κ1) is 14.8. The fourth-order valence-corrected chi connectivity index (χ4v) is 3.45. The monoisotopic (exact) mass is 266 g/mol. The molecule has 110 valence electrons. The maximum Gasteiger partial charge on any atom is 0.226 e. The van der Waals surface area contributed by atoms with Crippen LogP contribution in [-0.2, 0) is 4.79 Å². The summed E-state index contributed by atoms with van der Waals surface area (Å²) in [6, 6.07) is 0.422. The second-order valence-electron chi connectivity index (χ2n) is 6.93. The van der Waals surface area contributed by atoms with E-state index in [1.54, 1.807) is 0 Å². The van der Waals surface area contributed by atoms with Crippen molar-refractivity contribution in [3.8, 4) is 0 Å². The van der Waals surface area contributed by atoms with Crippen molar-refractivity contribution in [1.82, 2.24) is 10.6 Å². The van der Waals surface area contributed by atoms with Crippen LogP contribution >= 0.6 is 0 Å². The average molecular weight is 266 g/mol. The molecule has 3 heteroatoms. The number of rotatable bonds is 3. The summed E-state index contributed by atoms with van der Waals surface area (Å²) in [5.74, 6) is 0.750. The minimum absolute atomic E-state index is 0.236. The highest BCUT2D eigenvalue weighted by Gasteiger charge is 2.37. The summed E-state index contributed by atoms with van der Waals surface area (Å²) in [6.07, 6.45) is 9.94. The van der Waals surface area contributed by atoms with Gasteiger partial charge < -0.3 is 10.6 Å². The Balaban J connectivity index is 1.89. The van der Waals surface area contributed by atoms with E-state index in [-0.39, 0.29) is 11.3 Å². The summed E-state index contributed by atoms with van der Waals surface area (Å²) in [5, 5.41) is 6.76. The lowest BCUT2D eigenvalue weighted by Gasteiger charge is -2.37. The van der Waals surface area contributed by atoms with Crippen LogP contribution in [0.25, 0.3) is 0 Å². The summed E-state index contributed by atoms with van der Waals surface area (Å²) in [4.78, 5) is 12.6. The molecule has 0 radical (unpaired) electrons. The van der Waals surface area contributed by atoms with Gasteiger partial charge in [0.15, 0.2) is 0 Å². The summed E-state index contributed by atoms with van der Waals surface area (Å²) in [5.41, 5.74) is -0.236. The van der Waals surface area contributed by atoms with Crippen molar-refractivity contribution < 1.29 is 4.79 Å². The molecule has 1 aliphatic carbocycles. The van der Waals surface area contributed by atoms with Gasteiger partial charge in [-0.25, -0.2) is 0 Å². The number of carbonyl (C=O) groups is 1. The minimum atomic E-state index is -0.236. The summed E-state index contributed by atoms with van der Waals surface area (Å²) >= 11 is 0. The third-order valence-corrected chi connectivity index (χ3v) is 5.09. The summed E-state index contributed by atoms with van der Waals surface area (Å²) in [6.45, 7) is 6.34. The van der Waals surface area contributed by atoms with Gasteiger partial charge in [-0.05, 0) is 44.7 Å². The first-order valence-electron chi connectivity index (χ1n) is 8.12. The molecule has 1 heterocycles. The molecule has 0 spiro atoms. The molecule has 3 nitrogen and oxygen atoms in total. The minimum Gasteiger partial charge on any atom is -0.353 e. The predicted octanol–water partition coefficient (Wildman–Crippen LogP) is 2.85. The van der Waals surface area contributed by atoms with Gasteiger partial charge >= 0.3 is 0 Å². The van der Waals surface area contributed by atoms with Crippen molar-refractivity contribution in [2.45, 2.75) is 71.3 Å². The van der Waals surface area contributed by atoms with E-state index in [1.807, 2.05) is 0 Å². The van der Waals surface area contributed by atoms with Gasteiger partial charge in [-0.1, -0.05) is 39.5 Å². The molecule has 2 N–H and O–H groups in total. The molecule has 1 unspecified atom stereocenters. The van der Waals surface area contributed by atoms with E-state index >= 15 is 0 Å². The zero-order valence-corrected chi connectivity index (χ0v) is 12.6. The van der Waals surface area contributed by atoms with E-state index in [0.717, 1.165) is 13.1 Å². The van der Waals surface area contributed by atoms with E-state index in [2.05, 4.69) is 24.5 Å². The van der Waals surface area contributed by atoms with Crippen molar-refractivity contribution in [2.75, 3.05) is 13.1 Å². The second kappa shape index (κ2) is 6.74. The quantitative estimate of drug-likeness (QED) is 0.771. The molecule has 2 aliphatic rings. The fourth-order valence-electron chi connectivity index (χ4n) is 3.45. The summed E-state index contributed by atoms with van der Waals surface area (Å²) < 4.78 is 0. The molecule has 2 fully saturated rings. The number of amides is 1. The molecule has 0 aromatic carbocycles. The van der Waals surface area contributed by atoms with Gasteiger partial charge in [0.2, 0.25) is 5.91 Å². The average Bonchev–Trinajstić information content (AvgIpc) is 2.68. The van der Waals surface area contributed by atoms with Crippen LogP contribution in [0, 0.1) is 11.3 Å². The molecule has 2 rings (SSSR count). The van der Waals surface area contributed by atoms with Crippen molar-refractivity contribution in [2.24, 2.45) is 11.3 Å². The van der Waals surface area contributed by atoms with Gasteiger partial charge in [0.25, 0.3) is 0 Å². The van der Waals surface area contributed by atoms with Crippen molar-refractivity contribution >= 4 is 5.91 Å². The van der Waals surface area contributed by atoms with Gasteiger partial charge in [0.1, 0.15) is 0 Å². The maximum atomic E-state index is 12.6. The Morgan fingerprint density at radius 2 is 1.74 bits per heavy atom. The Kier molecular flexibility index (Phi) is 5.26. The van der Waals surface area contributed by atoms with Crippen LogP contribution < -0.4 is 10.6 Å². The lowest BCUT2D eigenvalue weighted by molar-refractivity contribution is -0.133. The zero-order valence-electron chi connectivity index (χ0n) is 12.6. The Morgan fingerprint density at radius 3 is 2.32 bits per heavy atom. The smallest absolute Gasteiger partial charge is 0.226 e. The van der Waals surface area contributed by atoms with E-state index < -0.39 is 0 Å². The fraction of sp³-hybridized carbons (Fsp3) is 0.938. The lowest BCUT2D eigenvalue weighted by atomic mass is 9.74. The van der Waals surface area contributed by atoms with Crippen LogP contribution in [0.15, 0.2) is 0 Å². The van der Waals surface area contributed by atoms with E-state index in [1.165, 1.54) is 51.4 Å². The van der Waals surface area contributed by atoms with E-state index in [4.69, 9.17) is 0 Å². The second-order valence-corrected chi connectivity index (χ2v) is 6.93. The molecule has 19 heavy (non-hydrogen) atoms. The Labute approximate surface area is 117 Å². The first-order chi connectivity index (χ1) is 9.10. The van der Waals surface area contributed by atoms with Crippen LogP contribution in [0.5, 0.6) is 0 Å². The molecular weight excluding hydrogens is 236 g/mol. The van der Waals surface area contributed by atoms with Crippen molar-refractivity contribution in [1.29, 1.82) is 0 Å². The summed E-state index contributed by atoms with van der Waals surface area (Å²) in [7, 11) is 0. The predicted molar refractivity (Wildman–Crippen MR) is 79.0 cm³/mol. The Bertz CT molecular complexity index is 287. The Morgan fingerprint density at radius 1 is 1.05 bits per heavy atom. The molecule has 0 aromatic rings. The van der Waals surface area contributed by atoms with Crippen molar-refractivity contribution in [3.05, 3.63) is 0 Å². The molecule has 1 saturated heterocycles. The highest BCUT2D eigenvalue weighted by molar-refractivity contribution is 5.82. The molecule has 0 aromatic heterocycles.